The molecule has 1 aliphatic heterocycles. The van der Waals surface area contributed by atoms with Crippen LogP contribution in [-0.2, 0) is 9.59 Å². The van der Waals surface area contributed by atoms with Crippen molar-refractivity contribution in [1.82, 2.24) is 10.2 Å². The number of rotatable bonds is 8. The topological polar surface area (TPSA) is 64.7 Å². The molecule has 2 fully saturated rings. The van der Waals surface area contributed by atoms with Gasteiger partial charge in [0, 0.05) is 56.4 Å². The monoisotopic (exact) mass is 372 g/mol. The van der Waals surface area contributed by atoms with E-state index in [4.69, 9.17) is 0 Å². The lowest BCUT2D eigenvalue weighted by atomic mass is 10.1. The van der Waals surface area contributed by atoms with Crippen molar-refractivity contribution < 1.29 is 9.59 Å². The Morgan fingerprint density at radius 2 is 1.89 bits per heavy atom. The van der Waals surface area contributed by atoms with Gasteiger partial charge in [-0.3, -0.25) is 9.59 Å². The fourth-order valence-electron chi connectivity index (χ4n) is 3.47. The van der Waals surface area contributed by atoms with Gasteiger partial charge in [0.15, 0.2) is 0 Å². The van der Waals surface area contributed by atoms with Crippen LogP contribution in [0.15, 0.2) is 18.2 Å². The van der Waals surface area contributed by atoms with Crippen LogP contribution < -0.4 is 15.5 Å². The van der Waals surface area contributed by atoms with Gasteiger partial charge in [0.25, 0.3) is 0 Å². The molecule has 148 valence electrons. The highest BCUT2D eigenvalue weighted by Crippen LogP contribution is 2.28. The third-order valence-corrected chi connectivity index (χ3v) is 5.50. The molecule has 0 radical (unpaired) electrons. The average Bonchev–Trinajstić information content (AvgIpc) is 3.52. The highest BCUT2D eigenvalue weighted by molar-refractivity contribution is 5.91. The second kappa shape index (κ2) is 9.22. The van der Waals surface area contributed by atoms with Crippen molar-refractivity contribution in [1.29, 1.82) is 0 Å². The number of piperazine rings is 1. The molecule has 2 amide bonds. The highest BCUT2D eigenvalue weighted by Gasteiger charge is 2.29. The Hall–Kier alpha value is -2.08. The quantitative estimate of drug-likeness (QED) is 0.688. The van der Waals surface area contributed by atoms with Crippen molar-refractivity contribution in [2.24, 2.45) is 5.92 Å². The zero-order valence-corrected chi connectivity index (χ0v) is 16.6. The van der Waals surface area contributed by atoms with E-state index in [2.05, 4.69) is 39.5 Å². The van der Waals surface area contributed by atoms with Crippen LogP contribution in [0.3, 0.4) is 0 Å². The summed E-state index contributed by atoms with van der Waals surface area (Å²) in [4.78, 5) is 28.6. The lowest BCUT2D eigenvalue weighted by molar-refractivity contribution is -0.122. The largest absolute Gasteiger partial charge is 0.369 e. The van der Waals surface area contributed by atoms with E-state index in [0.717, 1.165) is 56.8 Å². The van der Waals surface area contributed by atoms with Gasteiger partial charge < -0.3 is 20.4 Å². The SMILES string of the molecule is CCN1CCN(c2ccc(NC(=O)CCCNC(=O)C3CC3)c(C)c2)CC1. The van der Waals surface area contributed by atoms with E-state index >= 15 is 0 Å². The molecule has 1 aliphatic carbocycles. The number of amides is 2. The number of hydrogen-bond acceptors (Lipinski definition) is 4. The molecule has 1 saturated carbocycles. The summed E-state index contributed by atoms with van der Waals surface area (Å²) in [5.74, 6) is 0.370. The number of benzene rings is 1. The van der Waals surface area contributed by atoms with Crippen LogP contribution in [0.5, 0.6) is 0 Å². The average molecular weight is 373 g/mol. The van der Waals surface area contributed by atoms with Crippen LogP contribution in [0.2, 0.25) is 0 Å². The minimum absolute atomic E-state index is 0.00285. The lowest BCUT2D eigenvalue weighted by Gasteiger charge is -2.35. The summed E-state index contributed by atoms with van der Waals surface area (Å²) in [5.41, 5.74) is 3.18. The first kappa shape index (κ1) is 19.7. The number of carbonyl (C=O) groups is 2. The van der Waals surface area contributed by atoms with E-state index in [-0.39, 0.29) is 17.7 Å². The van der Waals surface area contributed by atoms with Crippen molar-refractivity contribution in [3.05, 3.63) is 23.8 Å². The maximum Gasteiger partial charge on any atom is 0.224 e. The van der Waals surface area contributed by atoms with Gasteiger partial charge in [0.1, 0.15) is 0 Å². The first-order valence-corrected chi connectivity index (χ1v) is 10.2. The Labute approximate surface area is 162 Å². The molecule has 0 spiro atoms. The second-order valence-corrected chi connectivity index (χ2v) is 7.64. The van der Waals surface area contributed by atoms with E-state index < -0.39 is 0 Å². The summed E-state index contributed by atoms with van der Waals surface area (Å²) in [6.07, 6.45) is 3.11. The van der Waals surface area contributed by atoms with Crippen molar-refractivity contribution >= 4 is 23.2 Å². The van der Waals surface area contributed by atoms with Gasteiger partial charge in [0.05, 0.1) is 0 Å². The molecule has 0 bridgehead atoms. The molecule has 0 aromatic heterocycles. The first-order valence-electron chi connectivity index (χ1n) is 10.2. The Balaban J connectivity index is 1.43. The smallest absolute Gasteiger partial charge is 0.224 e. The third-order valence-electron chi connectivity index (χ3n) is 5.50. The summed E-state index contributed by atoms with van der Waals surface area (Å²) < 4.78 is 0. The van der Waals surface area contributed by atoms with Crippen LogP contribution in [0, 0.1) is 12.8 Å². The molecule has 0 atom stereocenters. The normalized spacial score (nSPS) is 17.6. The first-order chi connectivity index (χ1) is 13.1. The number of hydrogen-bond donors (Lipinski definition) is 2. The number of aryl methyl sites for hydroxylation is 1. The molecule has 1 heterocycles. The van der Waals surface area contributed by atoms with Crippen molar-refractivity contribution in [2.75, 3.05) is 49.5 Å². The number of nitrogens with one attached hydrogen (secondary N) is 2. The van der Waals surface area contributed by atoms with E-state index in [0.29, 0.717) is 19.4 Å². The number of anilines is 2. The second-order valence-electron chi connectivity index (χ2n) is 7.64. The van der Waals surface area contributed by atoms with Crippen LogP contribution in [0.25, 0.3) is 0 Å². The molecule has 6 heteroatoms. The van der Waals surface area contributed by atoms with Crippen LogP contribution in [0.1, 0.15) is 38.2 Å². The number of nitrogens with zero attached hydrogens (tertiary/aromatic N) is 2. The van der Waals surface area contributed by atoms with Crippen molar-refractivity contribution in [3.63, 3.8) is 0 Å². The minimum atomic E-state index is 0.00285. The van der Waals surface area contributed by atoms with Crippen LogP contribution in [-0.4, -0.2) is 56.0 Å². The molecule has 1 saturated heterocycles. The molecule has 2 aliphatic rings. The molecular formula is C21H32N4O2. The van der Waals surface area contributed by atoms with Gasteiger partial charge in [-0.05, 0) is 56.5 Å². The van der Waals surface area contributed by atoms with Crippen LogP contribution >= 0.6 is 0 Å². The molecule has 1 aromatic carbocycles. The van der Waals surface area contributed by atoms with Gasteiger partial charge in [-0.25, -0.2) is 0 Å². The predicted molar refractivity (Wildman–Crippen MR) is 109 cm³/mol. The van der Waals surface area contributed by atoms with Crippen LogP contribution in [0.4, 0.5) is 11.4 Å². The summed E-state index contributed by atoms with van der Waals surface area (Å²) in [7, 11) is 0. The molecule has 6 nitrogen and oxygen atoms in total. The van der Waals surface area contributed by atoms with E-state index in [1.165, 1.54) is 5.69 Å². The Morgan fingerprint density at radius 3 is 2.52 bits per heavy atom. The highest BCUT2D eigenvalue weighted by atomic mass is 16.2. The molecule has 2 N–H and O–H groups in total. The van der Waals surface area contributed by atoms with Crippen molar-refractivity contribution in [2.45, 2.75) is 39.5 Å². The number of carbonyl (C=O) groups excluding carboxylic acids is 2. The fourth-order valence-corrected chi connectivity index (χ4v) is 3.47. The Morgan fingerprint density at radius 1 is 1.15 bits per heavy atom. The standard InChI is InChI=1S/C21H32N4O2/c1-3-24-11-13-25(14-12-24)18-8-9-19(16(2)15-18)23-20(26)5-4-10-22-21(27)17-6-7-17/h8-9,15,17H,3-7,10-14H2,1-2H3,(H,22,27)(H,23,26). The van der Waals surface area contributed by atoms with E-state index in [1.807, 2.05) is 13.0 Å². The zero-order valence-electron chi connectivity index (χ0n) is 16.6. The molecule has 0 unspecified atom stereocenters. The molecular weight excluding hydrogens is 340 g/mol. The van der Waals surface area contributed by atoms with Crippen molar-refractivity contribution in [3.8, 4) is 0 Å². The zero-order chi connectivity index (χ0) is 19.2. The van der Waals surface area contributed by atoms with Gasteiger partial charge >= 0.3 is 0 Å². The number of likely N-dealkylation sites (N-methyl/N-ethyl adjacent to an activating group) is 1. The maximum absolute atomic E-state index is 12.2. The summed E-state index contributed by atoms with van der Waals surface area (Å²) in [6.45, 7) is 10.2. The van der Waals surface area contributed by atoms with E-state index in [1.54, 1.807) is 0 Å². The third kappa shape index (κ3) is 5.70. The van der Waals surface area contributed by atoms with E-state index in [9.17, 15) is 9.59 Å². The minimum Gasteiger partial charge on any atom is -0.369 e. The molecule has 1 aromatic rings. The van der Waals surface area contributed by atoms with Gasteiger partial charge in [0.2, 0.25) is 11.8 Å². The fraction of sp³-hybridized carbons (Fsp3) is 0.619. The maximum atomic E-state index is 12.2. The lowest BCUT2D eigenvalue weighted by Crippen LogP contribution is -2.46. The van der Waals surface area contributed by atoms with Gasteiger partial charge in [-0.2, -0.15) is 0 Å². The summed E-state index contributed by atoms with van der Waals surface area (Å²) >= 11 is 0. The van der Waals surface area contributed by atoms with Gasteiger partial charge in [-0.1, -0.05) is 6.92 Å². The predicted octanol–water partition coefficient (Wildman–Crippen LogP) is 2.38. The molecule has 27 heavy (non-hydrogen) atoms. The summed E-state index contributed by atoms with van der Waals surface area (Å²) in [5, 5.41) is 5.90. The van der Waals surface area contributed by atoms with Gasteiger partial charge in [-0.15, -0.1) is 0 Å². The Bertz CT molecular complexity index is 664. The molecule has 3 rings (SSSR count). The Kier molecular flexibility index (Phi) is 6.72. The summed E-state index contributed by atoms with van der Waals surface area (Å²) in [6, 6.07) is 6.26.